The number of H-pyrrole nitrogens is 1. The van der Waals surface area contributed by atoms with Gasteiger partial charge in [-0.1, -0.05) is 91.0 Å². The lowest BCUT2D eigenvalue weighted by molar-refractivity contribution is -0.286. The molecule has 0 saturated carbocycles. The number of aromatic nitrogens is 2. The number of fused-ring (bicyclic) bond motifs is 10. The Kier molecular flexibility index (Phi) is 9.93. The molecule has 4 heterocycles. The van der Waals surface area contributed by atoms with Crippen LogP contribution in [0, 0.1) is 24.4 Å². The fourth-order valence-electron chi connectivity index (χ4n) is 8.88. The maximum atomic E-state index is 15.7. The lowest BCUT2D eigenvalue weighted by Gasteiger charge is -2.46. The van der Waals surface area contributed by atoms with Crippen LogP contribution >= 0.6 is 0 Å². The van der Waals surface area contributed by atoms with Gasteiger partial charge in [-0.2, -0.15) is 0 Å². The first kappa shape index (κ1) is 38.8. The van der Waals surface area contributed by atoms with Crippen LogP contribution in [0.2, 0.25) is 0 Å². The molecule has 1 saturated heterocycles. The van der Waals surface area contributed by atoms with Gasteiger partial charge < -0.3 is 33.6 Å². The van der Waals surface area contributed by atoms with Crippen LogP contribution < -0.4 is 5.32 Å². The number of carbonyl (C=O) groups excluding carboxylic acids is 2. The summed E-state index contributed by atoms with van der Waals surface area (Å²) >= 11 is 0. The van der Waals surface area contributed by atoms with Crippen LogP contribution in [0.15, 0.2) is 115 Å². The molecular weight excluding hydrogens is 788 g/mol. The molecule has 2 aromatic heterocycles. The molecular formula is C48H38F3N3O7. The van der Waals surface area contributed by atoms with E-state index in [2.05, 4.69) is 10.3 Å². The fraction of sp³-hybridized carbons (Fsp3) is 0.208. The van der Waals surface area contributed by atoms with E-state index in [4.69, 9.17) is 18.9 Å². The molecule has 10 rings (SSSR count). The number of aliphatic hydroxyl groups is 1. The highest BCUT2D eigenvalue weighted by Gasteiger charge is 2.50. The van der Waals surface area contributed by atoms with Gasteiger partial charge in [-0.25, -0.2) is 13.2 Å². The minimum atomic E-state index is -1.28. The average molecular weight is 826 g/mol. The van der Waals surface area contributed by atoms with Crippen LogP contribution in [0.25, 0.3) is 43.6 Å². The van der Waals surface area contributed by atoms with E-state index in [-0.39, 0.29) is 63.7 Å². The molecule has 10 nitrogen and oxygen atoms in total. The van der Waals surface area contributed by atoms with E-state index in [0.29, 0.717) is 16.5 Å². The van der Waals surface area contributed by atoms with Gasteiger partial charge in [0.25, 0.3) is 11.8 Å². The number of amides is 2. The van der Waals surface area contributed by atoms with Gasteiger partial charge in [0.15, 0.2) is 17.9 Å². The largest absolute Gasteiger partial charge is 0.394 e. The van der Waals surface area contributed by atoms with E-state index in [1.54, 1.807) is 17.6 Å². The second-order valence-corrected chi connectivity index (χ2v) is 15.5. The van der Waals surface area contributed by atoms with Crippen LogP contribution in [-0.2, 0) is 38.8 Å². The summed E-state index contributed by atoms with van der Waals surface area (Å²) in [7, 11) is 0. The Balaban J connectivity index is 1.25. The Labute approximate surface area is 346 Å². The number of nitrogens with zero attached hydrogens (tertiary/aromatic N) is 1. The summed E-state index contributed by atoms with van der Waals surface area (Å²) in [6.07, 6.45) is -5.36. The number of aryl methyl sites for hydroxylation is 1. The van der Waals surface area contributed by atoms with Gasteiger partial charge in [0.1, 0.15) is 30.2 Å². The third-order valence-corrected chi connectivity index (χ3v) is 11.7. The molecule has 308 valence electrons. The number of halogens is 3. The number of benzene rings is 6. The Hall–Kier alpha value is -6.35. The van der Waals surface area contributed by atoms with Gasteiger partial charge in [-0.15, -0.1) is 0 Å². The van der Waals surface area contributed by atoms with Crippen LogP contribution in [0.5, 0.6) is 0 Å². The van der Waals surface area contributed by atoms with Crippen molar-refractivity contribution >= 4 is 55.4 Å². The van der Waals surface area contributed by atoms with E-state index in [1.807, 2.05) is 91.0 Å². The highest BCUT2D eigenvalue weighted by atomic mass is 19.2. The summed E-state index contributed by atoms with van der Waals surface area (Å²) < 4.78 is 75.4. The highest BCUT2D eigenvalue weighted by molar-refractivity contribution is 6.39. The zero-order valence-electron chi connectivity index (χ0n) is 32.7. The lowest BCUT2D eigenvalue weighted by Crippen LogP contribution is -2.59. The quantitative estimate of drug-likeness (QED) is 0.112. The van der Waals surface area contributed by atoms with Gasteiger partial charge in [-0.3, -0.25) is 14.9 Å². The second kappa shape index (κ2) is 15.6. The molecule has 5 atom stereocenters. The normalized spacial score (nSPS) is 20.3. The van der Waals surface area contributed by atoms with Gasteiger partial charge in [-0.05, 0) is 47.4 Å². The van der Waals surface area contributed by atoms with Crippen LogP contribution in [0.1, 0.15) is 49.2 Å². The third kappa shape index (κ3) is 6.65. The van der Waals surface area contributed by atoms with E-state index in [0.717, 1.165) is 28.8 Å². The van der Waals surface area contributed by atoms with Crippen LogP contribution in [0.3, 0.4) is 0 Å². The summed E-state index contributed by atoms with van der Waals surface area (Å²) in [5.41, 5.74) is 3.80. The summed E-state index contributed by atoms with van der Waals surface area (Å²) in [5, 5.41) is 14.3. The van der Waals surface area contributed by atoms with Gasteiger partial charge in [0.05, 0.1) is 54.1 Å². The number of hydrogen-bond acceptors (Lipinski definition) is 7. The maximum Gasteiger partial charge on any atom is 0.259 e. The van der Waals surface area contributed by atoms with Crippen molar-refractivity contribution in [2.75, 3.05) is 6.61 Å². The molecule has 13 heteroatoms. The minimum absolute atomic E-state index is 0.0288. The van der Waals surface area contributed by atoms with Crippen molar-refractivity contribution in [2.45, 2.75) is 57.4 Å². The topological polar surface area (TPSA) is 124 Å². The van der Waals surface area contributed by atoms with Crippen molar-refractivity contribution in [3.05, 3.63) is 166 Å². The number of nitrogens with one attached hydrogen (secondary N) is 2. The van der Waals surface area contributed by atoms with Crippen molar-refractivity contribution in [2.24, 2.45) is 0 Å². The molecule has 61 heavy (non-hydrogen) atoms. The number of rotatable bonds is 11. The zero-order chi connectivity index (χ0) is 41.9. The monoisotopic (exact) mass is 825 g/mol. The van der Waals surface area contributed by atoms with Crippen molar-refractivity contribution in [3.63, 3.8) is 0 Å². The van der Waals surface area contributed by atoms with Crippen molar-refractivity contribution in [3.8, 4) is 0 Å². The molecule has 3 N–H and O–H groups in total. The molecule has 1 fully saturated rings. The Morgan fingerprint density at radius 1 is 0.656 bits per heavy atom. The average Bonchev–Trinajstić information content (AvgIpc) is 3.89. The predicted molar refractivity (Wildman–Crippen MR) is 221 cm³/mol. The zero-order valence-corrected chi connectivity index (χ0v) is 32.7. The van der Waals surface area contributed by atoms with E-state index < -0.39 is 66.5 Å². The smallest absolute Gasteiger partial charge is 0.259 e. The van der Waals surface area contributed by atoms with Crippen molar-refractivity contribution in [1.29, 1.82) is 0 Å². The lowest BCUT2D eigenvalue weighted by atomic mass is 9.95. The van der Waals surface area contributed by atoms with Crippen LogP contribution in [0.4, 0.5) is 13.2 Å². The number of aliphatic hydroxyl groups excluding tert-OH is 1. The standard InChI is InChI=1S/C48H38F3N3O7/c1-25-17-34-29(18-31(25)49)37-39-40(47(57)53-46(39)56)38-30-19-32(50)33(51)20-35(30)54(42(38)41(37)52-34)48-45(60-24-28-15-9-4-10-16-28)44(59-23-27-13-7-3-8-14-27)43(36(21-55)61-48)58-22-26-11-5-2-6-12-26/h2-20,36,43-45,48,52,55H,21-24H2,1H3,(H,53,56,57). The molecule has 0 radical (unpaired) electrons. The van der Waals surface area contributed by atoms with E-state index >= 15 is 13.2 Å². The van der Waals surface area contributed by atoms with E-state index in [1.165, 1.54) is 6.07 Å². The number of hydrogen-bond donors (Lipinski definition) is 3. The summed E-state index contributed by atoms with van der Waals surface area (Å²) in [6, 6.07) is 33.3. The molecule has 0 spiro atoms. The van der Waals surface area contributed by atoms with Crippen LogP contribution in [-0.4, -0.2) is 57.5 Å². The number of imide groups is 1. The first-order chi connectivity index (χ1) is 29.7. The first-order valence-corrected chi connectivity index (χ1v) is 19.9. The van der Waals surface area contributed by atoms with Gasteiger partial charge >= 0.3 is 0 Å². The molecule has 0 aliphatic carbocycles. The molecule has 0 bridgehead atoms. The highest BCUT2D eigenvalue weighted by Crippen LogP contribution is 2.48. The molecule has 8 aromatic rings. The summed E-state index contributed by atoms with van der Waals surface area (Å²) in [6.45, 7) is 1.35. The number of carbonyl (C=O) groups is 2. The molecule has 2 aliphatic heterocycles. The molecule has 2 amide bonds. The predicted octanol–water partition coefficient (Wildman–Crippen LogP) is 8.68. The third-order valence-electron chi connectivity index (χ3n) is 11.7. The molecule has 5 unspecified atom stereocenters. The number of ether oxygens (including phenoxy) is 4. The Morgan fingerprint density at radius 2 is 1.18 bits per heavy atom. The Morgan fingerprint density at radius 3 is 1.77 bits per heavy atom. The maximum absolute atomic E-state index is 15.7. The Bertz CT molecular complexity index is 2990. The van der Waals surface area contributed by atoms with Gasteiger partial charge in [0.2, 0.25) is 0 Å². The summed E-state index contributed by atoms with van der Waals surface area (Å²) in [4.78, 5) is 31.0. The van der Waals surface area contributed by atoms with E-state index in [9.17, 15) is 14.7 Å². The van der Waals surface area contributed by atoms with Crippen molar-refractivity contribution in [1.82, 2.24) is 14.9 Å². The summed E-state index contributed by atoms with van der Waals surface area (Å²) in [5.74, 6) is -4.38. The fourth-order valence-corrected chi connectivity index (χ4v) is 8.88. The minimum Gasteiger partial charge on any atom is -0.394 e. The van der Waals surface area contributed by atoms with Gasteiger partial charge in [0, 0.05) is 33.1 Å². The number of aromatic amines is 1. The molecule has 6 aromatic carbocycles. The first-order valence-electron chi connectivity index (χ1n) is 19.9. The molecule has 2 aliphatic rings. The second-order valence-electron chi connectivity index (χ2n) is 15.5. The van der Waals surface area contributed by atoms with Crippen molar-refractivity contribution < 1.29 is 46.8 Å². The SMILES string of the molecule is Cc1cc2[nH]c3c(c4c(c5c6cc(F)c(F)cc6n(C6OC(CO)C(OCc7ccccc7)C(OCc7ccccc7)C6OCc6ccccc6)c35)C(=O)NC4=O)c2cc1F.